The summed E-state index contributed by atoms with van der Waals surface area (Å²) in [5.74, 6) is -0.593. The molecule has 0 saturated carbocycles. The van der Waals surface area contributed by atoms with Crippen LogP contribution in [0.15, 0.2) is 18.2 Å². The second-order valence-electron chi connectivity index (χ2n) is 7.09. The Balaban J connectivity index is 1.68. The van der Waals surface area contributed by atoms with Gasteiger partial charge in [0, 0.05) is 24.8 Å². The molecule has 2 fully saturated rings. The molecule has 2 aliphatic rings. The van der Waals surface area contributed by atoms with Gasteiger partial charge in [-0.3, -0.25) is 9.69 Å². The molecule has 0 aromatic heterocycles. The lowest BCUT2D eigenvalue weighted by Crippen LogP contribution is -2.42. The van der Waals surface area contributed by atoms with Crippen molar-refractivity contribution in [1.82, 2.24) is 5.32 Å². The predicted octanol–water partition coefficient (Wildman–Crippen LogP) is 2.86. The van der Waals surface area contributed by atoms with Crippen LogP contribution in [0.25, 0.3) is 0 Å². The molecule has 1 aromatic carbocycles. The van der Waals surface area contributed by atoms with Gasteiger partial charge in [0.05, 0.1) is 24.5 Å². The molecule has 0 bridgehead atoms. The monoisotopic (exact) mass is 406 g/mol. The van der Waals surface area contributed by atoms with Gasteiger partial charge in [-0.25, -0.2) is 9.18 Å². The first-order valence-electron chi connectivity index (χ1n) is 9.22. The van der Waals surface area contributed by atoms with Crippen LogP contribution in [-0.4, -0.2) is 49.0 Å². The zero-order chi connectivity index (χ0) is 20.3. The van der Waals surface area contributed by atoms with Crippen molar-refractivity contribution in [1.29, 1.82) is 5.26 Å². The maximum Gasteiger partial charge on any atom is 0.414 e. The van der Waals surface area contributed by atoms with E-state index in [1.54, 1.807) is 12.1 Å². The van der Waals surface area contributed by atoms with Crippen molar-refractivity contribution in [2.75, 3.05) is 29.4 Å². The van der Waals surface area contributed by atoms with Gasteiger partial charge >= 0.3 is 6.09 Å². The number of hydrogen-bond acceptors (Lipinski definition) is 6. The summed E-state index contributed by atoms with van der Waals surface area (Å²) in [7, 11) is 0. The highest BCUT2D eigenvalue weighted by atomic mass is 32.2. The first-order chi connectivity index (χ1) is 13.4. The number of cyclic esters (lactones) is 1. The predicted molar refractivity (Wildman–Crippen MR) is 106 cm³/mol. The summed E-state index contributed by atoms with van der Waals surface area (Å²) in [6.45, 7) is 4.59. The lowest BCUT2D eigenvalue weighted by atomic mass is 10.0. The minimum atomic E-state index is -0.551. The van der Waals surface area contributed by atoms with Crippen molar-refractivity contribution in [3.05, 3.63) is 24.0 Å². The Morgan fingerprint density at radius 3 is 2.93 bits per heavy atom. The second kappa shape index (κ2) is 8.69. The molecule has 0 spiro atoms. The molecule has 0 aliphatic carbocycles. The first-order valence-corrected chi connectivity index (χ1v) is 10.1. The van der Waals surface area contributed by atoms with E-state index in [0.717, 1.165) is 12.8 Å². The largest absolute Gasteiger partial charge is 0.442 e. The third-order valence-electron chi connectivity index (χ3n) is 5.05. The molecular formula is C19H23FN4O3S. The van der Waals surface area contributed by atoms with Gasteiger partial charge in [0.2, 0.25) is 5.91 Å². The Morgan fingerprint density at radius 2 is 2.29 bits per heavy atom. The van der Waals surface area contributed by atoms with Crippen LogP contribution in [0.4, 0.5) is 20.6 Å². The fourth-order valence-corrected chi connectivity index (χ4v) is 4.41. The Kier molecular flexibility index (Phi) is 6.29. The van der Waals surface area contributed by atoms with Gasteiger partial charge in [0.1, 0.15) is 17.3 Å². The van der Waals surface area contributed by atoms with E-state index in [2.05, 4.69) is 10.7 Å². The Morgan fingerprint density at radius 1 is 1.50 bits per heavy atom. The first kappa shape index (κ1) is 20.3. The lowest BCUT2D eigenvalue weighted by Gasteiger charge is -2.38. The molecule has 7 nitrogen and oxygen atoms in total. The van der Waals surface area contributed by atoms with Gasteiger partial charge in [0.25, 0.3) is 0 Å². The van der Waals surface area contributed by atoms with Gasteiger partial charge in [-0.1, -0.05) is 0 Å². The summed E-state index contributed by atoms with van der Waals surface area (Å²) in [5, 5.41) is 13.9. The zero-order valence-electron chi connectivity index (χ0n) is 15.9. The average molecular weight is 406 g/mol. The quantitative estimate of drug-likeness (QED) is 0.757. The van der Waals surface area contributed by atoms with Crippen molar-refractivity contribution < 1.29 is 18.7 Å². The fraction of sp³-hybridized carbons (Fsp3) is 0.526. The smallest absolute Gasteiger partial charge is 0.414 e. The fourth-order valence-electron chi connectivity index (χ4n) is 3.66. The van der Waals surface area contributed by atoms with Crippen molar-refractivity contribution in [2.24, 2.45) is 0 Å². The van der Waals surface area contributed by atoms with Gasteiger partial charge in [-0.15, -0.1) is 0 Å². The summed E-state index contributed by atoms with van der Waals surface area (Å²) in [4.78, 5) is 26.5. The van der Waals surface area contributed by atoms with E-state index in [4.69, 9.17) is 10.00 Å². The van der Waals surface area contributed by atoms with Crippen LogP contribution in [0.3, 0.4) is 0 Å². The van der Waals surface area contributed by atoms with E-state index >= 15 is 0 Å². The summed E-state index contributed by atoms with van der Waals surface area (Å²) in [6.07, 6.45) is 0.636. The van der Waals surface area contributed by atoms with Crippen molar-refractivity contribution >= 4 is 35.1 Å². The van der Waals surface area contributed by atoms with E-state index in [-0.39, 0.29) is 30.3 Å². The molecule has 9 heteroatoms. The molecule has 150 valence electrons. The minimum absolute atomic E-state index is 0.124. The number of nitrogens with one attached hydrogen (secondary N) is 1. The Hall–Kier alpha value is -2.47. The molecular weight excluding hydrogens is 383 g/mol. The Labute approximate surface area is 167 Å². The van der Waals surface area contributed by atoms with Gasteiger partial charge < -0.3 is 15.0 Å². The highest BCUT2D eigenvalue weighted by molar-refractivity contribution is 8.04. The van der Waals surface area contributed by atoms with Crippen LogP contribution in [-0.2, 0) is 9.53 Å². The van der Waals surface area contributed by atoms with E-state index < -0.39 is 18.0 Å². The molecule has 3 unspecified atom stereocenters. The summed E-state index contributed by atoms with van der Waals surface area (Å²) < 4.78 is 20.1. The number of nitrogens with zero attached hydrogens (tertiary/aromatic N) is 3. The number of piperidine rings is 1. The molecule has 2 saturated heterocycles. The van der Waals surface area contributed by atoms with Gasteiger partial charge in [0.15, 0.2) is 0 Å². The lowest BCUT2D eigenvalue weighted by molar-refractivity contribution is -0.119. The SMILES string of the molecule is CC(=O)NCC1CN(c2ccc(N3CCC(SC#N)CC3C)c(F)c2)C(=O)O1. The number of rotatable bonds is 5. The molecule has 1 N–H and O–H groups in total. The molecule has 28 heavy (non-hydrogen) atoms. The normalized spacial score (nSPS) is 24.6. The van der Waals surface area contributed by atoms with Crippen LogP contribution in [0.2, 0.25) is 0 Å². The van der Waals surface area contributed by atoms with E-state index in [0.29, 0.717) is 17.9 Å². The van der Waals surface area contributed by atoms with E-state index in [9.17, 15) is 14.0 Å². The number of carbonyl (C=O) groups excluding carboxylic acids is 2. The number of nitriles is 1. The third-order valence-corrected chi connectivity index (χ3v) is 5.92. The highest BCUT2D eigenvalue weighted by Gasteiger charge is 2.33. The van der Waals surface area contributed by atoms with Crippen molar-refractivity contribution in [3.8, 4) is 5.40 Å². The number of thiocyanates is 1. The number of carbonyl (C=O) groups is 2. The average Bonchev–Trinajstić information content (AvgIpc) is 3.02. The molecule has 2 aliphatic heterocycles. The standard InChI is InChI=1S/C19H23FN4O3S/c1-12-7-16(28-11-21)5-6-23(12)18-4-3-14(8-17(18)20)24-10-15(27-19(24)26)9-22-13(2)25/h3-4,8,12,15-16H,5-7,9-10H2,1-2H3,(H,22,25). The minimum Gasteiger partial charge on any atom is -0.442 e. The molecule has 3 atom stereocenters. The number of anilines is 2. The van der Waals surface area contributed by atoms with E-state index in [1.165, 1.54) is 29.7 Å². The number of benzene rings is 1. The number of thioether (sulfide) groups is 1. The number of amides is 2. The molecule has 2 heterocycles. The van der Waals surface area contributed by atoms with Crippen LogP contribution in [0.1, 0.15) is 26.7 Å². The number of hydrogen-bond donors (Lipinski definition) is 1. The van der Waals surface area contributed by atoms with Crippen LogP contribution >= 0.6 is 11.8 Å². The van der Waals surface area contributed by atoms with Crippen molar-refractivity contribution in [2.45, 2.75) is 44.1 Å². The molecule has 3 rings (SSSR count). The zero-order valence-corrected chi connectivity index (χ0v) is 16.7. The van der Waals surface area contributed by atoms with Crippen LogP contribution in [0.5, 0.6) is 0 Å². The third kappa shape index (κ3) is 4.50. The Bertz CT molecular complexity index is 800. The number of halogens is 1. The summed E-state index contributed by atoms with van der Waals surface area (Å²) >= 11 is 1.28. The second-order valence-corrected chi connectivity index (χ2v) is 8.17. The summed E-state index contributed by atoms with van der Waals surface area (Å²) in [5.41, 5.74) is 0.929. The van der Waals surface area contributed by atoms with Crippen LogP contribution in [0, 0.1) is 16.5 Å². The maximum atomic E-state index is 14.8. The van der Waals surface area contributed by atoms with Gasteiger partial charge in [-0.05, 0) is 49.7 Å². The maximum absolute atomic E-state index is 14.8. The molecule has 0 radical (unpaired) electrons. The van der Waals surface area contributed by atoms with E-state index in [1.807, 2.05) is 11.8 Å². The summed E-state index contributed by atoms with van der Waals surface area (Å²) in [6, 6.07) is 4.87. The van der Waals surface area contributed by atoms with Crippen molar-refractivity contribution in [3.63, 3.8) is 0 Å². The topological polar surface area (TPSA) is 85.7 Å². The highest BCUT2D eigenvalue weighted by Crippen LogP contribution is 2.34. The van der Waals surface area contributed by atoms with Gasteiger partial charge in [-0.2, -0.15) is 5.26 Å². The molecule has 2 amide bonds. The van der Waals surface area contributed by atoms with Crippen LogP contribution < -0.4 is 15.1 Å². The molecule has 1 aromatic rings. The number of ether oxygens (including phenoxy) is 1.